The van der Waals surface area contributed by atoms with Crippen LogP contribution in [0.15, 0.2) is 12.2 Å². The smallest absolute Gasteiger partial charge is 0.384 e. The molecule has 0 rings (SSSR count). The Kier molecular flexibility index (Phi) is 11.8. The maximum absolute atomic E-state index is 11.0. The fourth-order valence-electron chi connectivity index (χ4n) is 2.14. The van der Waals surface area contributed by atoms with Crippen LogP contribution in [0.4, 0.5) is 0 Å². The van der Waals surface area contributed by atoms with Gasteiger partial charge in [-0.15, -0.1) is 0 Å². The molecule has 0 fully saturated rings. The summed E-state index contributed by atoms with van der Waals surface area (Å²) in [6, 6.07) is 0. The van der Waals surface area contributed by atoms with E-state index in [9.17, 15) is 4.79 Å². The van der Waals surface area contributed by atoms with Crippen molar-refractivity contribution in [1.82, 2.24) is 0 Å². The topological polar surface area (TPSA) is 54.0 Å². The van der Waals surface area contributed by atoms with Crippen LogP contribution in [0, 0.1) is 29.1 Å². The van der Waals surface area contributed by atoms with Crippen LogP contribution in [0.2, 0.25) is 18.1 Å². The molecule has 0 radical (unpaired) electrons. The van der Waals surface area contributed by atoms with Gasteiger partial charge in [-0.3, -0.25) is 0 Å². The molecule has 0 aromatic carbocycles. The number of carbonyl (C=O) groups is 1. The molecule has 0 aromatic rings. The van der Waals surface area contributed by atoms with Crippen molar-refractivity contribution in [3.63, 3.8) is 0 Å². The fraction of sp³-hybridized carbons (Fsp3) is 0.720. The number of carbonyl (C=O) groups excluding carboxylic acids is 1. The lowest BCUT2D eigenvalue weighted by atomic mass is 9.83. The van der Waals surface area contributed by atoms with E-state index in [2.05, 4.69) is 88.3 Å². The van der Waals surface area contributed by atoms with E-state index in [0.717, 1.165) is 6.42 Å². The third kappa shape index (κ3) is 11.6. The predicted molar refractivity (Wildman–Crippen MR) is 129 cm³/mol. The second kappa shape index (κ2) is 12.5. The van der Waals surface area contributed by atoms with Gasteiger partial charge in [0.1, 0.15) is 19.3 Å². The number of hydrogen-bond acceptors (Lipinski definition) is 5. The lowest BCUT2D eigenvalue weighted by Gasteiger charge is -2.42. The maximum atomic E-state index is 11.0. The van der Waals surface area contributed by atoms with Crippen LogP contribution in [0.25, 0.3) is 0 Å². The lowest BCUT2D eigenvalue weighted by molar-refractivity contribution is -0.197. The van der Waals surface area contributed by atoms with Gasteiger partial charge in [0.25, 0.3) is 0 Å². The number of hydrogen-bond donors (Lipinski definition) is 0. The molecular formula is C25H42O5Si. The van der Waals surface area contributed by atoms with Gasteiger partial charge in [0.05, 0.1) is 7.11 Å². The average molecular weight is 451 g/mol. The van der Waals surface area contributed by atoms with Crippen molar-refractivity contribution >= 4 is 14.3 Å². The summed E-state index contributed by atoms with van der Waals surface area (Å²) in [5, 5.41) is 0.0984. The molecule has 0 bridgehead atoms. The van der Waals surface area contributed by atoms with E-state index in [1.54, 1.807) is 13.8 Å². The second-order valence-electron chi connectivity index (χ2n) is 10.1. The molecule has 0 aromatic heterocycles. The molecule has 0 saturated heterocycles. The quantitative estimate of drug-likeness (QED) is 0.119. The summed E-state index contributed by atoms with van der Waals surface area (Å²) >= 11 is 0. The number of allylic oxidation sites excluding steroid dienone is 2. The first-order valence-corrected chi connectivity index (χ1v) is 13.6. The zero-order chi connectivity index (χ0) is 24.3. The summed E-state index contributed by atoms with van der Waals surface area (Å²) in [4.78, 5) is 11.0. The van der Waals surface area contributed by atoms with E-state index in [-0.39, 0.29) is 29.8 Å². The molecule has 0 aliphatic carbocycles. The van der Waals surface area contributed by atoms with Gasteiger partial charge in [-0.05, 0) is 45.3 Å². The van der Waals surface area contributed by atoms with Crippen LogP contribution in [-0.2, 0) is 23.4 Å². The minimum atomic E-state index is -1.99. The Morgan fingerprint density at radius 2 is 1.55 bits per heavy atom. The summed E-state index contributed by atoms with van der Waals surface area (Å²) in [7, 11) is -0.710. The number of esters is 1. The van der Waals surface area contributed by atoms with E-state index in [1.807, 2.05) is 6.92 Å². The highest BCUT2D eigenvalue weighted by molar-refractivity contribution is 6.74. The highest BCUT2D eigenvalue weighted by Crippen LogP contribution is 2.40. The number of ether oxygens (including phenoxy) is 3. The van der Waals surface area contributed by atoms with E-state index in [0.29, 0.717) is 0 Å². The van der Waals surface area contributed by atoms with Gasteiger partial charge >= 0.3 is 5.97 Å². The van der Waals surface area contributed by atoms with Crippen molar-refractivity contribution in [1.29, 1.82) is 0 Å². The minimum absolute atomic E-state index is 0.0586. The van der Waals surface area contributed by atoms with Gasteiger partial charge in [-0.2, -0.15) is 0 Å². The standard InChI is InChI=1S/C25H42O5Si/c1-12-13-18-24(5,6)21(30-31(10,11)23(2,3)4)16-14-19-28-25(7,8)29-20-15-17-22(26)27-9/h12-13,21H,18-20H2,1-11H3/b13-12+/t21-/m1/s1. The zero-order valence-corrected chi connectivity index (χ0v) is 22.4. The molecule has 0 saturated carbocycles. The van der Waals surface area contributed by atoms with E-state index in [4.69, 9.17) is 13.9 Å². The van der Waals surface area contributed by atoms with Crippen LogP contribution < -0.4 is 0 Å². The number of methoxy groups -OCH3 is 1. The van der Waals surface area contributed by atoms with Gasteiger partial charge in [0, 0.05) is 11.3 Å². The van der Waals surface area contributed by atoms with Crippen molar-refractivity contribution < 1.29 is 23.4 Å². The van der Waals surface area contributed by atoms with Gasteiger partial charge < -0.3 is 18.6 Å². The summed E-state index contributed by atoms with van der Waals surface area (Å²) in [6.07, 6.45) is 4.89. The Balaban J connectivity index is 5.22. The Hall–Kier alpha value is -1.57. The second-order valence-corrected chi connectivity index (χ2v) is 14.9. The minimum Gasteiger partial charge on any atom is -0.459 e. The molecular weight excluding hydrogens is 408 g/mol. The molecule has 0 aliphatic heterocycles. The van der Waals surface area contributed by atoms with Crippen LogP contribution in [0.5, 0.6) is 0 Å². The van der Waals surface area contributed by atoms with Crippen LogP contribution in [0.3, 0.4) is 0 Å². The maximum Gasteiger partial charge on any atom is 0.384 e. The lowest BCUT2D eigenvalue weighted by Crippen LogP contribution is -2.47. The van der Waals surface area contributed by atoms with Crippen LogP contribution in [-0.4, -0.2) is 46.5 Å². The molecule has 0 unspecified atom stereocenters. The molecule has 0 heterocycles. The SMILES string of the molecule is C/C=C/CC(C)(C)[C@@H](C#CCOC(C)(C)OCC#CC(=O)OC)O[Si](C)(C)C(C)(C)C. The molecule has 5 nitrogen and oxygen atoms in total. The molecule has 6 heteroatoms. The van der Waals surface area contributed by atoms with E-state index >= 15 is 0 Å². The third-order valence-electron chi connectivity index (χ3n) is 5.40. The zero-order valence-electron chi connectivity index (χ0n) is 21.4. The molecule has 0 spiro atoms. The average Bonchev–Trinajstić information content (AvgIpc) is 2.64. The van der Waals surface area contributed by atoms with E-state index < -0.39 is 20.1 Å². The number of rotatable bonds is 9. The Labute approximate surface area is 191 Å². The van der Waals surface area contributed by atoms with Crippen LogP contribution in [0.1, 0.15) is 61.8 Å². The first-order valence-electron chi connectivity index (χ1n) is 10.7. The molecule has 0 N–H and O–H groups in total. The normalized spacial score (nSPS) is 13.8. The molecule has 0 aliphatic rings. The molecule has 0 amide bonds. The van der Waals surface area contributed by atoms with Crippen molar-refractivity contribution in [2.24, 2.45) is 5.41 Å². The Bertz CT molecular complexity index is 721. The van der Waals surface area contributed by atoms with Crippen molar-refractivity contribution in [3.8, 4) is 23.7 Å². The third-order valence-corrected chi connectivity index (χ3v) is 9.84. The van der Waals surface area contributed by atoms with Gasteiger partial charge in [-0.1, -0.05) is 64.5 Å². The van der Waals surface area contributed by atoms with E-state index in [1.165, 1.54) is 7.11 Å². The predicted octanol–water partition coefficient (Wildman–Crippen LogP) is 5.32. The van der Waals surface area contributed by atoms with Crippen molar-refractivity contribution in [2.45, 2.75) is 91.8 Å². The molecule has 31 heavy (non-hydrogen) atoms. The largest absolute Gasteiger partial charge is 0.459 e. The monoisotopic (exact) mass is 450 g/mol. The highest BCUT2D eigenvalue weighted by atomic mass is 28.4. The summed E-state index contributed by atoms with van der Waals surface area (Å²) in [5.41, 5.74) is -0.134. The molecule has 176 valence electrons. The first-order chi connectivity index (χ1) is 14.1. The van der Waals surface area contributed by atoms with Crippen molar-refractivity contribution in [2.75, 3.05) is 20.3 Å². The van der Waals surface area contributed by atoms with Crippen LogP contribution >= 0.6 is 0 Å². The Morgan fingerprint density at radius 1 is 1.00 bits per heavy atom. The highest BCUT2D eigenvalue weighted by Gasteiger charge is 2.42. The fourth-order valence-corrected chi connectivity index (χ4v) is 3.46. The first kappa shape index (κ1) is 29.4. The summed E-state index contributed by atoms with van der Waals surface area (Å²) in [6.45, 7) is 21.4. The van der Waals surface area contributed by atoms with Gasteiger partial charge in [-0.25, -0.2) is 4.79 Å². The van der Waals surface area contributed by atoms with Crippen molar-refractivity contribution in [3.05, 3.63) is 12.2 Å². The van der Waals surface area contributed by atoms with Gasteiger partial charge in [0.2, 0.25) is 0 Å². The van der Waals surface area contributed by atoms with Gasteiger partial charge in [0.15, 0.2) is 14.1 Å². The summed E-state index contributed by atoms with van der Waals surface area (Å²) in [5.74, 6) is 9.88. The summed E-state index contributed by atoms with van der Waals surface area (Å²) < 4.78 is 22.5. The Morgan fingerprint density at radius 3 is 2.03 bits per heavy atom. The molecule has 1 atom stereocenters.